The van der Waals surface area contributed by atoms with Crippen molar-refractivity contribution in [2.75, 3.05) is 12.1 Å². The van der Waals surface area contributed by atoms with Gasteiger partial charge in [-0.1, -0.05) is 50.1 Å². The number of anilines is 1. The first kappa shape index (κ1) is 22.2. The number of fused-ring (bicyclic) bond motifs is 2. The molecule has 2 aromatic carbocycles. The van der Waals surface area contributed by atoms with Crippen LogP contribution in [0.5, 0.6) is 11.5 Å². The van der Waals surface area contributed by atoms with Crippen LogP contribution in [0.15, 0.2) is 52.4 Å². The smallest absolute Gasteiger partial charge is 0.262 e. The summed E-state index contributed by atoms with van der Waals surface area (Å²) in [7, 11) is 0. The summed E-state index contributed by atoms with van der Waals surface area (Å²) in [5.41, 5.74) is 1.22. The van der Waals surface area contributed by atoms with Crippen LogP contribution in [0.3, 0.4) is 0 Å². The number of thioether (sulfide) groups is 1. The third-order valence-electron chi connectivity index (χ3n) is 5.35. The van der Waals surface area contributed by atoms with Crippen LogP contribution in [0.4, 0.5) is 5.69 Å². The average Bonchev–Trinajstić information content (AvgIpc) is 3.26. The van der Waals surface area contributed by atoms with Crippen LogP contribution in [0.25, 0.3) is 10.9 Å². The third kappa shape index (κ3) is 4.91. The molecule has 1 aromatic heterocycles. The maximum atomic E-state index is 13.1. The van der Waals surface area contributed by atoms with Gasteiger partial charge in [0, 0.05) is 18.3 Å². The fraction of sp³-hybridized carbons (Fsp3) is 0.375. The van der Waals surface area contributed by atoms with E-state index in [9.17, 15) is 9.59 Å². The van der Waals surface area contributed by atoms with E-state index < -0.39 is 5.25 Å². The van der Waals surface area contributed by atoms with Gasteiger partial charge in [0.1, 0.15) is 0 Å². The number of hydrogen-bond donors (Lipinski definition) is 1. The second kappa shape index (κ2) is 10.1. The molecule has 0 bridgehead atoms. The largest absolute Gasteiger partial charge is 0.454 e. The van der Waals surface area contributed by atoms with E-state index >= 15 is 0 Å². The molecule has 3 aromatic rings. The van der Waals surface area contributed by atoms with E-state index in [4.69, 9.17) is 14.5 Å². The van der Waals surface area contributed by atoms with Crippen molar-refractivity contribution in [3.63, 3.8) is 0 Å². The minimum Gasteiger partial charge on any atom is -0.454 e. The van der Waals surface area contributed by atoms with Gasteiger partial charge in [0.05, 0.1) is 16.2 Å². The molecule has 0 aliphatic carbocycles. The Labute approximate surface area is 191 Å². The number of carbonyl (C=O) groups excluding carboxylic acids is 1. The van der Waals surface area contributed by atoms with Crippen molar-refractivity contribution in [1.29, 1.82) is 0 Å². The van der Waals surface area contributed by atoms with Crippen molar-refractivity contribution in [2.24, 2.45) is 0 Å². The Kier molecular flexibility index (Phi) is 6.99. The molecule has 0 spiro atoms. The number of rotatable bonds is 9. The minimum atomic E-state index is -0.449. The summed E-state index contributed by atoms with van der Waals surface area (Å²) < 4.78 is 12.4. The Bertz CT molecular complexity index is 1180. The van der Waals surface area contributed by atoms with Gasteiger partial charge in [-0.15, -0.1) is 0 Å². The third-order valence-corrected chi connectivity index (χ3v) is 6.44. The van der Waals surface area contributed by atoms with E-state index in [1.807, 2.05) is 25.1 Å². The zero-order chi connectivity index (χ0) is 22.5. The van der Waals surface area contributed by atoms with E-state index in [0.29, 0.717) is 39.8 Å². The standard InChI is InChI=1S/C24H27N3O4S/c1-3-4-5-8-13-27-23(29)18-9-6-7-10-19(18)26-24(27)32-16(2)22(28)25-17-11-12-20-21(14-17)31-15-30-20/h6-7,9-12,14,16H,3-5,8,13,15H2,1-2H3,(H,25,28). The molecule has 1 amide bonds. The highest BCUT2D eigenvalue weighted by Crippen LogP contribution is 2.34. The minimum absolute atomic E-state index is 0.0574. The number of nitrogens with one attached hydrogen (secondary N) is 1. The molecule has 1 aliphatic rings. The number of aromatic nitrogens is 2. The lowest BCUT2D eigenvalue weighted by molar-refractivity contribution is -0.115. The quantitative estimate of drug-likeness (QED) is 0.284. The fourth-order valence-corrected chi connectivity index (χ4v) is 4.50. The summed E-state index contributed by atoms with van der Waals surface area (Å²) in [6.07, 6.45) is 4.22. The first-order valence-corrected chi connectivity index (χ1v) is 11.8. The van der Waals surface area contributed by atoms with Crippen molar-refractivity contribution in [3.05, 3.63) is 52.8 Å². The normalized spacial score (nSPS) is 13.3. The predicted molar refractivity (Wildman–Crippen MR) is 127 cm³/mol. The van der Waals surface area contributed by atoms with E-state index in [0.717, 1.165) is 25.7 Å². The van der Waals surface area contributed by atoms with Crippen LogP contribution in [-0.4, -0.2) is 27.5 Å². The molecule has 0 radical (unpaired) electrons. The van der Waals surface area contributed by atoms with Crippen molar-refractivity contribution in [2.45, 2.75) is 56.5 Å². The van der Waals surface area contributed by atoms with Crippen LogP contribution in [0, 0.1) is 0 Å². The maximum absolute atomic E-state index is 13.1. The van der Waals surface area contributed by atoms with Crippen LogP contribution in [0.2, 0.25) is 0 Å². The Morgan fingerprint density at radius 1 is 1.16 bits per heavy atom. The molecule has 0 saturated heterocycles. The number of nitrogens with zero attached hydrogens (tertiary/aromatic N) is 2. The molecule has 0 saturated carbocycles. The summed E-state index contributed by atoms with van der Waals surface area (Å²) in [6, 6.07) is 12.6. The zero-order valence-corrected chi connectivity index (χ0v) is 19.1. The van der Waals surface area contributed by atoms with E-state index in [1.165, 1.54) is 11.8 Å². The van der Waals surface area contributed by atoms with Crippen molar-refractivity contribution in [3.8, 4) is 11.5 Å². The zero-order valence-electron chi connectivity index (χ0n) is 18.3. The van der Waals surface area contributed by atoms with Crippen molar-refractivity contribution < 1.29 is 14.3 Å². The number of ether oxygens (including phenoxy) is 2. The van der Waals surface area contributed by atoms with Gasteiger partial charge < -0.3 is 14.8 Å². The summed E-state index contributed by atoms with van der Waals surface area (Å²) in [5.74, 6) is 1.10. The topological polar surface area (TPSA) is 82.5 Å². The van der Waals surface area contributed by atoms with Gasteiger partial charge >= 0.3 is 0 Å². The Morgan fingerprint density at radius 3 is 2.81 bits per heavy atom. The van der Waals surface area contributed by atoms with Gasteiger partial charge in [0.2, 0.25) is 12.7 Å². The molecule has 1 N–H and O–H groups in total. The molecule has 168 valence electrons. The second-order valence-electron chi connectivity index (χ2n) is 7.75. The second-order valence-corrected chi connectivity index (χ2v) is 9.05. The number of para-hydroxylation sites is 1. The molecule has 8 heteroatoms. The lowest BCUT2D eigenvalue weighted by atomic mass is 10.2. The maximum Gasteiger partial charge on any atom is 0.262 e. The molecule has 1 unspecified atom stereocenters. The van der Waals surface area contributed by atoms with Gasteiger partial charge in [-0.3, -0.25) is 14.2 Å². The molecular weight excluding hydrogens is 426 g/mol. The molecule has 1 aliphatic heterocycles. The SMILES string of the molecule is CCCCCCn1c(SC(C)C(=O)Nc2ccc3c(c2)OCO3)nc2ccccc2c1=O. The van der Waals surface area contributed by atoms with Gasteiger partial charge in [0.25, 0.3) is 5.56 Å². The first-order chi connectivity index (χ1) is 15.6. The Balaban J connectivity index is 1.53. The number of amides is 1. The molecule has 32 heavy (non-hydrogen) atoms. The number of hydrogen-bond acceptors (Lipinski definition) is 6. The highest BCUT2D eigenvalue weighted by molar-refractivity contribution is 8.00. The lowest BCUT2D eigenvalue weighted by Gasteiger charge is -2.16. The molecule has 7 nitrogen and oxygen atoms in total. The summed E-state index contributed by atoms with van der Waals surface area (Å²) in [4.78, 5) is 30.7. The Hall–Kier alpha value is -3.00. The van der Waals surface area contributed by atoms with Crippen molar-refractivity contribution >= 4 is 34.3 Å². The first-order valence-electron chi connectivity index (χ1n) is 10.9. The van der Waals surface area contributed by atoms with Crippen LogP contribution >= 0.6 is 11.8 Å². The van der Waals surface area contributed by atoms with Crippen molar-refractivity contribution in [1.82, 2.24) is 9.55 Å². The molecular formula is C24H27N3O4S. The summed E-state index contributed by atoms with van der Waals surface area (Å²) in [6.45, 7) is 4.75. The van der Waals surface area contributed by atoms with Gasteiger partial charge in [-0.2, -0.15) is 0 Å². The van der Waals surface area contributed by atoms with E-state index in [-0.39, 0.29) is 18.3 Å². The fourth-order valence-electron chi connectivity index (χ4n) is 3.56. The molecule has 1 atom stereocenters. The summed E-state index contributed by atoms with van der Waals surface area (Å²) in [5, 5.41) is 3.63. The number of carbonyl (C=O) groups is 1. The lowest BCUT2D eigenvalue weighted by Crippen LogP contribution is -2.27. The highest BCUT2D eigenvalue weighted by Gasteiger charge is 2.21. The van der Waals surface area contributed by atoms with Crippen LogP contribution in [-0.2, 0) is 11.3 Å². The highest BCUT2D eigenvalue weighted by atomic mass is 32.2. The molecule has 2 heterocycles. The summed E-state index contributed by atoms with van der Waals surface area (Å²) >= 11 is 1.30. The van der Waals surface area contributed by atoms with E-state index in [1.54, 1.807) is 28.8 Å². The predicted octanol–water partition coefficient (Wildman–Crippen LogP) is 4.82. The van der Waals surface area contributed by atoms with Crippen LogP contribution < -0.4 is 20.3 Å². The monoisotopic (exact) mass is 453 g/mol. The van der Waals surface area contributed by atoms with Crippen LogP contribution in [0.1, 0.15) is 39.5 Å². The molecule has 0 fully saturated rings. The van der Waals surface area contributed by atoms with Gasteiger partial charge in [0.15, 0.2) is 16.7 Å². The van der Waals surface area contributed by atoms with Gasteiger partial charge in [-0.25, -0.2) is 4.98 Å². The number of benzene rings is 2. The molecule has 4 rings (SSSR count). The Morgan fingerprint density at radius 2 is 1.97 bits per heavy atom. The van der Waals surface area contributed by atoms with Gasteiger partial charge in [-0.05, 0) is 37.6 Å². The number of unbranched alkanes of at least 4 members (excludes halogenated alkanes) is 3. The van der Waals surface area contributed by atoms with E-state index in [2.05, 4.69) is 12.2 Å². The average molecular weight is 454 g/mol.